The molecule has 6 heteroatoms. The van der Waals surface area contributed by atoms with E-state index in [0.29, 0.717) is 24.5 Å². The van der Waals surface area contributed by atoms with E-state index in [4.69, 9.17) is 22.1 Å². The van der Waals surface area contributed by atoms with Crippen molar-refractivity contribution < 1.29 is 9.53 Å². The lowest BCUT2D eigenvalue weighted by Gasteiger charge is -2.22. The molecule has 0 saturated carbocycles. The van der Waals surface area contributed by atoms with Gasteiger partial charge in [-0.3, -0.25) is 4.79 Å². The van der Waals surface area contributed by atoms with Crippen molar-refractivity contribution in [2.75, 3.05) is 18.9 Å². The van der Waals surface area contributed by atoms with E-state index in [0.717, 1.165) is 0 Å². The van der Waals surface area contributed by atoms with Crippen LogP contribution in [0.5, 0.6) is 0 Å². The molecule has 0 fully saturated rings. The van der Waals surface area contributed by atoms with Crippen LogP contribution in [0.3, 0.4) is 0 Å². The first kappa shape index (κ1) is 15.7. The third-order valence-corrected chi connectivity index (χ3v) is 2.98. The number of anilines is 1. The first-order valence-corrected chi connectivity index (χ1v) is 6.63. The Bertz CT molecular complexity index is 438. The average molecular weight is 286 g/mol. The maximum Gasteiger partial charge on any atom is 0.253 e. The summed E-state index contributed by atoms with van der Waals surface area (Å²) in [5, 5.41) is 3.15. The number of rotatable bonds is 6. The summed E-state index contributed by atoms with van der Waals surface area (Å²) in [5.41, 5.74) is 6.37. The molecule has 0 spiro atoms. The van der Waals surface area contributed by atoms with Gasteiger partial charge in [0.25, 0.3) is 5.91 Å². The molecule has 1 rings (SSSR count). The van der Waals surface area contributed by atoms with Gasteiger partial charge in [0.2, 0.25) is 0 Å². The van der Waals surface area contributed by atoms with Crippen LogP contribution in [-0.4, -0.2) is 30.1 Å². The number of ether oxygens (including phenoxy) is 1. The first-order valence-electron chi connectivity index (χ1n) is 6.25. The lowest BCUT2D eigenvalue weighted by molar-refractivity contribution is 0.0807. The summed E-state index contributed by atoms with van der Waals surface area (Å²) in [6.45, 7) is 7.04. The van der Waals surface area contributed by atoms with E-state index in [2.05, 4.69) is 10.3 Å². The van der Waals surface area contributed by atoms with E-state index in [1.165, 1.54) is 12.3 Å². The molecular weight excluding hydrogens is 266 g/mol. The van der Waals surface area contributed by atoms with Gasteiger partial charge in [-0.2, -0.15) is 0 Å². The van der Waals surface area contributed by atoms with Crippen molar-refractivity contribution in [2.45, 2.75) is 26.8 Å². The normalized spacial score (nSPS) is 12.5. The van der Waals surface area contributed by atoms with Crippen molar-refractivity contribution in [3.63, 3.8) is 0 Å². The van der Waals surface area contributed by atoms with E-state index in [-0.39, 0.29) is 23.0 Å². The Hall–Kier alpha value is -1.33. The minimum Gasteiger partial charge on any atom is -0.397 e. The molecule has 1 aromatic rings. The molecule has 1 amide bonds. The van der Waals surface area contributed by atoms with Crippen LogP contribution >= 0.6 is 11.6 Å². The molecule has 106 valence electrons. The minimum absolute atomic E-state index is 0.0706. The summed E-state index contributed by atoms with van der Waals surface area (Å²) in [4.78, 5) is 16.0. The van der Waals surface area contributed by atoms with Crippen LogP contribution in [-0.2, 0) is 4.74 Å². The fourth-order valence-corrected chi connectivity index (χ4v) is 1.69. The number of hydrogen-bond acceptors (Lipinski definition) is 4. The Morgan fingerprint density at radius 2 is 2.26 bits per heavy atom. The summed E-state index contributed by atoms with van der Waals surface area (Å²) in [6.07, 6.45) is 1.38. The molecule has 0 aromatic carbocycles. The number of halogens is 1. The topological polar surface area (TPSA) is 77.2 Å². The van der Waals surface area contributed by atoms with Crippen LogP contribution in [0.4, 0.5) is 5.69 Å². The molecule has 0 saturated heterocycles. The van der Waals surface area contributed by atoms with Crippen molar-refractivity contribution in [1.29, 1.82) is 0 Å². The number of nitrogens with two attached hydrogens (primary N) is 1. The predicted molar refractivity (Wildman–Crippen MR) is 76.2 cm³/mol. The molecular formula is C13H20ClN3O2. The van der Waals surface area contributed by atoms with Crippen molar-refractivity contribution in [2.24, 2.45) is 5.92 Å². The second kappa shape index (κ2) is 7.31. The summed E-state index contributed by atoms with van der Waals surface area (Å²) >= 11 is 5.77. The van der Waals surface area contributed by atoms with Gasteiger partial charge in [-0.15, -0.1) is 0 Å². The van der Waals surface area contributed by atoms with Crippen LogP contribution in [0.2, 0.25) is 5.15 Å². The third-order valence-electron chi connectivity index (χ3n) is 2.77. The van der Waals surface area contributed by atoms with Crippen LogP contribution in [0.1, 0.15) is 31.1 Å². The number of nitrogen functional groups attached to an aromatic ring is 1. The van der Waals surface area contributed by atoms with Gasteiger partial charge in [-0.05, 0) is 18.9 Å². The molecule has 0 aliphatic carbocycles. The quantitative estimate of drug-likeness (QED) is 0.785. The number of aromatic nitrogens is 1. The molecule has 19 heavy (non-hydrogen) atoms. The van der Waals surface area contributed by atoms with Crippen LogP contribution in [0, 0.1) is 5.92 Å². The lowest BCUT2D eigenvalue weighted by Crippen LogP contribution is -2.42. The van der Waals surface area contributed by atoms with E-state index < -0.39 is 0 Å². The number of carbonyl (C=O) groups is 1. The monoisotopic (exact) mass is 285 g/mol. The molecule has 0 bridgehead atoms. The molecule has 0 aliphatic heterocycles. The van der Waals surface area contributed by atoms with Crippen molar-refractivity contribution in [1.82, 2.24) is 10.3 Å². The zero-order valence-corrected chi connectivity index (χ0v) is 12.2. The van der Waals surface area contributed by atoms with Gasteiger partial charge in [-0.25, -0.2) is 4.98 Å². The van der Waals surface area contributed by atoms with E-state index >= 15 is 0 Å². The number of nitrogens with zero attached hydrogens (tertiary/aromatic N) is 1. The minimum atomic E-state index is -0.264. The number of nitrogens with one attached hydrogen (secondary N) is 1. The lowest BCUT2D eigenvalue weighted by atomic mass is 10.0. The summed E-state index contributed by atoms with van der Waals surface area (Å²) in [6, 6.07) is 1.39. The highest BCUT2D eigenvalue weighted by Crippen LogP contribution is 2.15. The van der Waals surface area contributed by atoms with Crippen molar-refractivity contribution in [3.8, 4) is 0 Å². The molecule has 1 unspecified atom stereocenters. The van der Waals surface area contributed by atoms with E-state index in [1.54, 1.807) is 0 Å². The molecule has 1 heterocycles. The molecule has 1 atom stereocenters. The standard InChI is InChI=1S/C13H20ClN3O2/c1-4-19-7-11(8(2)3)17-13(18)9-5-12(14)16-6-10(9)15/h5-6,8,11H,4,7,15H2,1-3H3,(H,17,18). The summed E-state index contributed by atoms with van der Waals surface area (Å²) in [5.74, 6) is -0.00534. The molecule has 3 N–H and O–H groups in total. The van der Waals surface area contributed by atoms with Gasteiger partial charge in [0.15, 0.2) is 0 Å². The van der Waals surface area contributed by atoms with Gasteiger partial charge in [0.05, 0.1) is 30.1 Å². The van der Waals surface area contributed by atoms with Crippen LogP contribution < -0.4 is 11.1 Å². The first-order chi connectivity index (χ1) is 8.95. The van der Waals surface area contributed by atoms with Gasteiger partial charge in [0, 0.05) is 6.61 Å². The van der Waals surface area contributed by atoms with Gasteiger partial charge >= 0.3 is 0 Å². The highest BCUT2D eigenvalue weighted by molar-refractivity contribution is 6.29. The van der Waals surface area contributed by atoms with E-state index in [1.807, 2.05) is 20.8 Å². The predicted octanol–water partition coefficient (Wildman–Crippen LogP) is 2.11. The Labute approximate surface area is 118 Å². The maximum absolute atomic E-state index is 12.2. The van der Waals surface area contributed by atoms with Gasteiger partial charge in [-0.1, -0.05) is 25.4 Å². The fourth-order valence-electron chi connectivity index (χ4n) is 1.53. The number of pyridine rings is 1. The highest BCUT2D eigenvalue weighted by atomic mass is 35.5. The zero-order chi connectivity index (χ0) is 14.4. The molecule has 0 radical (unpaired) electrons. The summed E-state index contributed by atoms with van der Waals surface area (Å²) < 4.78 is 5.36. The third kappa shape index (κ3) is 4.69. The molecule has 1 aromatic heterocycles. The Morgan fingerprint density at radius 3 is 2.84 bits per heavy atom. The van der Waals surface area contributed by atoms with Crippen molar-refractivity contribution in [3.05, 3.63) is 23.0 Å². The second-order valence-corrected chi connectivity index (χ2v) is 4.96. The number of amides is 1. The second-order valence-electron chi connectivity index (χ2n) is 4.58. The fraction of sp³-hybridized carbons (Fsp3) is 0.538. The number of carbonyl (C=O) groups excluding carboxylic acids is 1. The largest absolute Gasteiger partial charge is 0.397 e. The molecule has 0 aliphatic rings. The Balaban J connectivity index is 2.78. The van der Waals surface area contributed by atoms with Gasteiger partial charge < -0.3 is 15.8 Å². The average Bonchev–Trinajstić information content (AvgIpc) is 2.36. The van der Waals surface area contributed by atoms with Crippen LogP contribution in [0.25, 0.3) is 0 Å². The Kier molecular flexibility index (Phi) is 6.05. The van der Waals surface area contributed by atoms with Crippen LogP contribution in [0.15, 0.2) is 12.3 Å². The van der Waals surface area contributed by atoms with E-state index in [9.17, 15) is 4.79 Å². The Morgan fingerprint density at radius 1 is 1.58 bits per heavy atom. The van der Waals surface area contributed by atoms with Gasteiger partial charge in [0.1, 0.15) is 5.15 Å². The zero-order valence-electron chi connectivity index (χ0n) is 11.4. The SMILES string of the molecule is CCOCC(NC(=O)c1cc(Cl)ncc1N)C(C)C. The number of hydrogen-bond donors (Lipinski definition) is 2. The smallest absolute Gasteiger partial charge is 0.253 e. The van der Waals surface area contributed by atoms with Crippen molar-refractivity contribution >= 4 is 23.2 Å². The highest BCUT2D eigenvalue weighted by Gasteiger charge is 2.19. The molecule has 5 nitrogen and oxygen atoms in total. The maximum atomic E-state index is 12.2. The summed E-state index contributed by atoms with van der Waals surface area (Å²) in [7, 11) is 0.